The number of hydrogen-bond acceptors (Lipinski definition) is 4. The van der Waals surface area contributed by atoms with Gasteiger partial charge in [0.25, 0.3) is 5.91 Å². The number of likely N-dealkylation sites (tertiary alicyclic amines) is 1. The van der Waals surface area contributed by atoms with Crippen LogP contribution in [0.5, 0.6) is 0 Å². The number of nitrogens with zero attached hydrogens (tertiary/aromatic N) is 2. The fourth-order valence-corrected chi connectivity index (χ4v) is 4.38. The lowest BCUT2D eigenvalue weighted by molar-refractivity contribution is -0.121. The molecule has 2 amide bonds. The Hall–Kier alpha value is -2.34. The molecule has 0 radical (unpaired) electrons. The first-order valence-electron chi connectivity index (χ1n) is 9.76. The van der Waals surface area contributed by atoms with Crippen LogP contribution in [0.25, 0.3) is 0 Å². The van der Waals surface area contributed by atoms with Crippen LogP contribution in [0.3, 0.4) is 0 Å². The van der Waals surface area contributed by atoms with E-state index >= 15 is 0 Å². The fraction of sp³-hybridized carbons (Fsp3) is 0.409. The highest BCUT2D eigenvalue weighted by molar-refractivity contribution is 7.99. The van der Waals surface area contributed by atoms with Gasteiger partial charge in [0, 0.05) is 36.6 Å². The van der Waals surface area contributed by atoms with Crippen molar-refractivity contribution in [3.63, 3.8) is 0 Å². The van der Waals surface area contributed by atoms with Crippen molar-refractivity contribution in [2.24, 2.45) is 0 Å². The van der Waals surface area contributed by atoms with Crippen molar-refractivity contribution in [1.82, 2.24) is 15.2 Å². The number of hydrogen-bond donors (Lipinski definition) is 1. The Bertz CT molecular complexity index is 869. The zero-order valence-electron chi connectivity index (χ0n) is 16.7. The molecular weight excluding hydrogens is 370 g/mol. The van der Waals surface area contributed by atoms with Gasteiger partial charge in [-0.3, -0.25) is 9.59 Å². The molecule has 0 aliphatic carbocycles. The van der Waals surface area contributed by atoms with E-state index in [9.17, 15) is 9.59 Å². The number of aromatic nitrogens is 1. The number of nitrogens with one attached hydrogen (secondary N) is 1. The van der Waals surface area contributed by atoms with E-state index in [0.717, 1.165) is 22.8 Å². The molecule has 1 atom stereocenters. The summed E-state index contributed by atoms with van der Waals surface area (Å²) in [5, 5.41) is 3.74. The van der Waals surface area contributed by atoms with Crippen LogP contribution in [-0.2, 0) is 4.79 Å². The molecule has 28 heavy (non-hydrogen) atoms. The standard InChI is InChI=1S/C22H27N3O2S/c1-4-20(26)24-17-7-6-12-25(14-17)22(27)18-8-5-11-23-21(18)28-19-10-9-15(2)13-16(19)3/h5,8-11,13,17H,4,6-7,12,14H2,1-3H3,(H,24,26). The summed E-state index contributed by atoms with van der Waals surface area (Å²) in [6.07, 6.45) is 3.99. The van der Waals surface area contributed by atoms with Crippen LogP contribution in [0, 0.1) is 13.8 Å². The van der Waals surface area contributed by atoms with Crippen molar-refractivity contribution in [2.75, 3.05) is 13.1 Å². The smallest absolute Gasteiger partial charge is 0.256 e. The van der Waals surface area contributed by atoms with Gasteiger partial charge in [0.15, 0.2) is 0 Å². The van der Waals surface area contributed by atoms with E-state index in [1.54, 1.807) is 12.3 Å². The Labute approximate surface area is 170 Å². The molecule has 1 aromatic carbocycles. The predicted octanol–water partition coefficient (Wildman–Crippen LogP) is 3.98. The predicted molar refractivity (Wildman–Crippen MR) is 112 cm³/mol. The first-order chi connectivity index (χ1) is 13.5. The van der Waals surface area contributed by atoms with Gasteiger partial charge in [-0.25, -0.2) is 4.98 Å². The number of aryl methyl sites for hydroxylation is 2. The maximum Gasteiger partial charge on any atom is 0.256 e. The molecule has 1 unspecified atom stereocenters. The van der Waals surface area contributed by atoms with Gasteiger partial charge in [0.2, 0.25) is 5.91 Å². The van der Waals surface area contributed by atoms with Crippen molar-refractivity contribution in [2.45, 2.75) is 56.0 Å². The lowest BCUT2D eigenvalue weighted by Crippen LogP contribution is -2.49. The number of rotatable bonds is 5. The van der Waals surface area contributed by atoms with Crippen molar-refractivity contribution < 1.29 is 9.59 Å². The van der Waals surface area contributed by atoms with Gasteiger partial charge in [-0.15, -0.1) is 0 Å². The van der Waals surface area contributed by atoms with E-state index in [2.05, 4.69) is 42.3 Å². The monoisotopic (exact) mass is 397 g/mol. The molecule has 2 heterocycles. The van der Waals surface area contributed by atoms with Gasteiger partial charge < -0.3 is 10.2 Å². The molecule has 2 aromatic rings. The SMILES string of the molecule is CCC(=O)NC1CCCN(C(=O)c2cccnc2Sc2ccc(C)cc2C)C1. The first kappa shape index (κ1) is 20.4. The summed E-state index contributed by atoms with van der Waals surface area (Å²) < 4.78 is 0. The third-order valence-corrected chi connectivity index (χ3v) is 6.13. The molecule has 1 saturated heterocycles. The highest BCUT2D eigenvalue weighted by Crippen LogP contribution is 2.32. The molecule has 0 spiro atoms. The molecule has 0 bridgehead atoms. The van der Waals surface area contributed by atoms with E-state index in [1.807, 2.05) is 17.9 Å². The summed E-state index contributed by atoms with van der Waals surface area (Å²) >= 11 is 1.53. The minimum absolute atomic E-state index is 0.0178. The summed E-state index contributed by atoms with van der Waals surface area (Å²) in [7, 11) is 0. The van der Waals surface area contributed by atoms with Crippen LogP contribution < -0.4 is 5.32 Å². The molecule has 1 aromatic heterocycles. The van der Waals surface area contributed by atoms with E-state index in [-0.39, 0.29) is 17.9 Å². The fourth-order valence-electron chi connectivity index (χ4n) is 3.43. The van der Waals surface area contributed by atoms with E-state index < -0.39 is 0 Å². The second-order valence-electron chi connectivity index (χ2n) is 7.24. The van der Waals surface area contributed by atoms with Crippen LogP contribution in [0.1, 0.15) is 47.7 Å². The summed E-state index contributed by atoms with van der Waals surface area (Å²) in [5.41, 5.74) is 3.01. The van der Waals surface area contributed by atoms with Gasteiger partial charge in [-0.2, -0.15) is 0 Å². The van der Waals surface area contributed by atoms with Crippen molar-refractivity contribution >= 4 is 23.6 Å². The molecule has 1 N–H and O–H groups in total. The number of pyridine rings is 1. The number of amides is 2. The second-order valence-corrected chi connectivity index (χ2v) is 8.27. The third-order valence-electron chi connectivity index (χ3n) is 4.93. The molecule has 148 valence electrons. The lowest BCUT2D eigenvalue weighted by atomic mass is 10.0. The highest BCUT2D eigenvalue weighted by atomic mass is 32.2. The average molecular weight is 398 g/mol. The molecule has 6 heteroatoms. The molecule has 1 aliphatic rings. The molecule has 1 aliphatic heterocycles. The Balaban J connectivity index is 1.78. The highest BCUT2D eigenvalue weighted by Gasteiger charge is 2.27. The Morgan fingerprint density at radius 3 is 2.86 bits per heavy atom. The van der Waals surface area contributed by atoms with Crippen LogP contribution in [0.2, 0.25) is 0 Å². The first-order valence-corrected chi connectivity index (χ1v) is 10.6. The second kappa shape index (κ2) is 9.24. The van der Waals surface area contributed by atoms with E-state index in [1.165, 1.54) is 22.9 Å². The number of piperidine rings is 1. The molecule has 0 saturated carbocycles. The van der Waals surface area contributed by atoms with Crippen LogP contribution in [-0.4, -0.2) is 40.8 Å². The zero-order valence-corrected chi connectivity index (χ0v) is 17.5. The minimum Gasteiger partial charge on any atom is -0.352 e. The summed E-state index contributed by atoms with van der Waals surface area (Å²) in [6.45, 7) is 7.24. The molecule has 1 fully saturated rings. The van der Waals surface area contributed by atoms with Crippen molar-refractivity contribution in [3.8, 4) is 0 Å². The molecule has 3 rings (SSSR count). The third kappa shape index (κ3) is 4.93. The Morgan fingerprint density at radius 1 is 1.29 bits per heavy atom. The van der Waals surface area contributed by atoms with Gasteiger partial charge >= 0.3 is 0 Å². The van der Waals surface area contributed by atoms with Crippen LogP contribution >= 0.6 is 11.8 Å². The largest absolute Gasteiger partial charge is 0.352 e. The maximum atomic E-state index is 13.2. The maximum absolute atomic E-state index is 13.2. The Kier molecular flexibility index (Phi) is 6.73. The summed E-state index contributed by atoms with van der Waals surface area (Å²) in [5.74, 6) is 0.0163. The van der Waals surface area contributed by atoms with Crippen molar-refractivity contribution in [3.05, 3.63) is 53.2 Å². The van der Waals surface area contributed by atoms with E-state index in [0.29, 0.717) is 25.1 Å². The van der Waals surface area contributed by atoms with Gasteiger partial charge in [0.1, 0.15) is 5.03 Å². The van der Waals surface area contributed by atoms with Crippen LogP contribution in [0.4, 0.5) is 0 Å². The summed E-state index contributed by atoms with van der Waals surface area (Å²) in [4.78, 5) is 32.3. The number of carbonyl (C=O) groups is 2. The number of benzene rings is 1. The molecular formula is C22H27N3O2S. The van der Waals surface area contributed by atoms with Crippen molar-refractivity contribution in [1.29, 1.82) is 0 Å². The Morgan fingerprint density at radius 2 is 2.11 bits per heavy atom. The topological polar surface area (TPSA) is 62.3 Å². The quantitative estimate of drug-likeness (QED) is 0.829. The molecule has 5 nitrogen and oxygen atoms in total. The normalized spacial score (nSPS) is 16.7. The minimum atomic E-state index is -0.0178. The van der Waals surface area contributed by atoms with Gasteiger partial charge in [0.05, 0.1) is 5.56 Å². The van der Waals surface area contributed by atoms with Gasteiger partial charge in [-0.05, 0) is 50.5 Å². The van der Waals surface area contributed by atoms with Gasteiger partial charge in [-0.1, -0.05) is 36.4 Å². The summed E-state index contributed by atoms with van der Waals surface area (Å²) in [6, 6.07) is 9.96. The zero-order chi connectivity index (χ0) is 20.1. The average Bonchev–Trinajstić information content (AvgIpc) is 2.70. The lowest BCUT2D eigenvalue weighted by Gasteiger charge is -2.33. The van der Waals surface area contributed by atoms with E-state index in [4.69, 9.17) is 0 Å². The van der Waals surface area contributed by atoms with Crippen LogP contribution in [0.15, 0.2) is 46.5 Å². The number of carbonyl (C=O) groups excluding carboxylic acids is 2.